The Hall–Kier alpha value is -2.05. The first-order chi connectivity index (χ1) is 14.5. The summed E-state index contributed by atoms with van der Waals surface area (Å²) in [6.45, 7) is 9.57. The number of nitrogens with zero attached hydrogens (tertiary/aromatic N) is 1. The molecule has 0 saturated heterocycles. The Bertz CT molecular complexity index is 927. The molecule has 1 atom stereocenters. The molecule has 0 aliphatic heterocycles. The van der Waals surface area contributed by atoms with E-state index in [1.54, 1.807) is 19.1 Å². The van der Waals surface area contributed by atoms with Gasteiger partial charge in [-0.25, -0.2) is 0 Å². The van der Waals surface area contributed by atoms with Crippen molar-refractivity contribution in [3.63, 3.8) is 0 Å². The van der Waals surface area contributed by atoms with Gasteiger partial charge >= 0.3 is 0 Å². The Kier molecular flexibility index (Phi) is 8.95. The van der Waals surface area contributed by atoms with Gasteiger partial charge in [-0.05, 0) is 85.4 Å². The van der Waals surface area contributed by atoms with Gasteiger partial charge in [-0.15, -0.1) is 0 Å². The summed E-state index contributed by atoms with van der Waals surface area (Å²) >= 11 is 9.60. The third-order valence-corrected chi connectivity index (χ3v) is 5.52. The van der Waals surface area contributed by atoms with Gasteiger partial charge in [0.1, 0.15) is 11.8 Å². The van der Waals surface area contributed by atoms with E-state index >= 15 is 0 Å². The van der Waals surface area contributed by atoms with Crippen LogP contribution in [-0.2, 0) is 22.6 Å². The SMILES string of the molecule is CCc1ccc(OCC(=O)N(Cc2cccc(Cl)c2)[C@@H](C)C(=O)NC(C)(C)C)c(Br)c1. The highest BCUT2D eigenvalue weighted by Crippen LogP contribution is 2.26. The molecule has 31 heavy (non-hydrogen) atoms. The zero-order valence-corrected chi connectivity index (χ0v) is 21.0. The average molecular weight is 510 g/mol. The zero-order chi connectivity index (χ0) is 23.2. The second kappa shape index (κ2) is 11.0. The highest BCUT2D eigenvalue weighted by atomic mass is 79.9. The van der Waals surface area contributed by atoms with Gasteiger partial charge in [-0.2, -0.15) is 0 Å². The lowest BCUT2D eigenvalue weighted by molar-refractivity contribution is -0.142. The van der Waals surface area contributed by atoms with Crippen molar-refractivity contribution in [2.45, 2.75) is 59.2 Å². The van der Waals surface area contributed by atoms with Crippen LogP contribution in [0.25, 0.3) is 0 Å². The molecule has 0 aromatic heterocycles. The second-order valence-electron chi connectivity index (χ2n) is 8.47. The molecule has 0 aliphatic rings. The number of hydrogen-bond acceptors (Lipinski definition) is 3. The Morgan fingerprint density at radius 2 is 1.87 bits per heavy atom. The van der Waals surface area contributed by atoms with Gasteiger partial charge in [0.05, 0.1) is 4.47 Å². The normalized spacial score (nSPS) is 12.2. The van der Waals surface area contributed by atoms with Crippen LogP contribution >= 0.6 is 27.5 Å². The van der Waals surface area contributed by atoms with E-state index in [9.17, 15) is 9.59 Å². The molecule has 0 heterocycles. The molecule has 0 radical (unpaired) electrons. The van der Waals surface area contributed by atoms with Crippen molar-refractivity contribution in [3.8, 4) is 5.75 Å². The first-order valence-electron chi connectivity index (χ1n) is 10.3. The lowest BCUT2D eigenvalue weighted by Gasteiger charge is -2.31. The summed E-state index contributed by atoms with van der Waals surface area (Å²) in [6, 6.07) is 12.4. The molecular weight excluding hydrogens is 480 g/mol. The Morgan fingerprint density at radius 1 is 1.16 bits per heavy atom. The maximum absolute atomic E-state index is 13.1. The number of aryl methyl sites for hydroxylation is 1. The quantitative estimate of drug-likeness (QED) is 0.520. The molecular formula is C24H30BrClN2O3. The summed E-state index contributed by atoms with van der Waals surface area (Å²) in [7, 11) is 0. The van der Waals surface area contributed by atoms with Crippen LogP contribution < -0.4 is 10.1 Å². The van der Waals surface area contributed by atoms with Crippen LogP contribution in [0.1, 0.15) is 45.7 Å². The maximum Gasteiger partial charge on any atom is 0.261 e. The number of rotatable bonds is 8. The number of amides is 2. The predicted molar refractivity (Wildman–Crippen MR) is 128 cm³/mol. The fourth-order valence-corrected chi connectivity index (χ4v) is 3.75. The van der Waals surface area contributed by atoms with Gasteiger partial charge in [0, 0.05) is 17.1 Å². The van der Waals surface area contributed by atoms with Gasteiger partial charge < -0.3 is 15.0 Å². The fourth-order valence-electron chi connectivity index (χ4n) is 2.99. The molecule has 0 fully saturated rings. The van der Waals surface area contributed by atoms with E-state index in [1.165, 1.54) is 10.5 Å². The number of carbonyl (C=O) groups is 2. The van der Waals surface area contributed by atoms with Crippen molar-refractivity contribution in [2.75, 3.05) is 6.61 Å². The topological polar surface area (TPSA) is 58.6 Å². The van der Waals surface area contributed by atoms with Crippen molar-refractivity contribution in [1.29, 1.82) is 0 Å². The molecule has 5 nitrogen and oxygen atoms in total. The molecule has 2 aromatic rings. The Morgan fingerprint density at radius 3 is 2.45 bits per heavy atom. The van der Waals surface area contributed by atoms with Crippen LogP contribution in [0.2, 0.25) is 5.02 Å². The van der Waals surface area contributed by atoms with Crippen molar-refractivity contribution in [3.05, 3.63) is 63.1 Å². The minimum atomic E-state index is -0.680. The van der Waals surface area contributed by atoms with Crippen LogP contribution in [0.3, 0.4) is 0 Å². The summed E-state index contributed by atoms with van der Waals surface area (Å²) in [6.07, 6.45) is 0.908. The fraction of sp³-hybridized carbons (Fsp3) is 0.417. The predicted octanol–water partition coefficient (Wildman–Crippen LogP) is 5.38. The average Bonchev–Trinajstić information content (AvgIpc) is 2.69. The zero-order valence-electron chi connectivity index (χ0n) is 18.7. The summed E-state index contributed by atoms with van der Waals surface area (Å²) in [5.74, 6) is 0.0689. The lowest BCUT2D eigenvalue weighted by Crippen LogP contribution is -2.53. The highest BCUT2D eigenvalue weighted by molar-refractivity contribution is 9.10. The Labute approximate surface area is 198 Å². The maximum atomic E-state index is 13.1. The molecule has 0 saturated carbocycles. The lowest BCUT2D eigenvalue weighted by atomic mass is 10.1. The van der Waals surface area contributed by atoms with Crippen LogP contribution in [0.15, 0.2) is 46.9 Å². The molecule has 2 aromatic carbocycles. The first-order valence-corrected chi connectivity index (χ1v) is 11.4. The number of halogens is 2. The standard InChI is InChI=1S/C24H30BrClN2O3/c1-6-17-10-11-21(20(25)13-17)31-15-22(29)28(14-18-8-7-9-19(26)12-18)16(2)23(30)27-24(3,4)5/h7-13,16H,6,14-15H2,1-5H3,(H,27,30)/t16-/m0/s1. The van der Waals surface area contributed by atoms with E-state index in [-0.39, 0.29) is 25.0 Å². The summed E-state index contributed by atoms with van der Waals surface area (Å²) in [4.78, 5) is 27.4. The second-order valence-corrected chi connectivity index (χ2v) is 9.76. The van der Waals surface area contributed by atoms with Gasteiger partial charge in [-0.1, -0.05) is 36.7 Å². The third-order valence-electron chi connectivity index (χ3n) is 4.66. The molecule has 0 unspecified atom stereocenters. The molecule has 0 bridgehead atoms. The molecule has 1 N–H and O–H groups in total. The van der Waals surface area contributed by atoms with Crippen molar-refractivity contribution in [2.24, 2.45) is 0 Å². The van der Waals surface area contributed by atoms with Crippen LogP contribution in [0.5, 0.6) is 5.75 Å². The first kappa shape index (κ1) is 25.2. The number of ether oxygens (including phenoxy) is 1. The monoisotopic (exact) mass is 508 g/mol. The van der Waals surface area contributed by atoms with Gasteiger partial charge in [0.25, 0.3) is 5.91 Å². The molecule has 2 rings (SSSR count). The van der Waals surface area contributed by atoms with E-state index in [4.69, 9.17) is 16.3 Å². The summed E-state index contributed by atoms with van der Waals surface area (Å²) < 4.78 is 6.57. The van der Waals surface area contributed by atoms with Gasteiger partial charge in [0.2, 0.25) is 5.91 Å². The van der Waals surface area contributed by atoms with Crippen LogP contribution in [0.4, 0.5) is 0 Å². The number of benzene rings is 2. The number of carbonyl (C=O) groups excluding carboxylic acids is 2. The third kappa shape index (κ3) is 7.86. The number of nitrogens with one attached hydrogen (secondary N) is 1. The molecule has 7 heteroatoms. The van der Waals surface area contributed by atoms with E-state index in [1.807, 2.05) is 51.1 Å². The minimum absolute atomic E-state index is 0.183. The summed E-state index contributed by atoms with van der Waals surface area (Å²) in [5.41, 5.74) is 1.60. The van der Waals surface area contributed by atoms with Crippen molar-refractivity contribution < 1.29 is 14.3 Å². The van der Waals surface area contributed by atoms with Crippen LogP contribution in [-0.4, -0.2) is 34.9 Å². The molecule has 168 valence electrons. The van der Waals surface area contributed by atoms with Crippen molar-refractivity contribution in [1.82, 2.24) is 10.2 Å². The van der Waals surface area contributed by atoms with E-state index < -0.39 is 11.6 Å². The smallest absolute Gasteiger partial charge is 0.261 e. The number of hydrogen-bond donors (Lipinski definition) is 1. The van der Waals surface area contributed by atoms with E-state index in [2.05, 4.69) is 28.2 Å². The van der Waals surface area contributed by atoms with E-state index in [0.29, 0.717) is 10.8 Å². The van der Waals surface area contributed by atoms with Gasteiger partial charge in [-0.3, -0.25) is 9.59 Å². The van der Waals surface area contributed by atoms with Crippen molar-refractivity contribution >= 4 is 39.3 Å². The molecule has 0 spiro atoms. The Balaban J connectivity index is 2.19. The van der Waals surface area contributed by atoms with Gasteiger partial charge in [0.15, 0.2) is 6.61 Å². The molecule has 2 amide bonds. The van der Waals surface area contributed by atoms with E-state index in [0.717, 1.165) is 16.5 Å². The highest BCUT2D eigenvalue weighted by Gasteiger charge is 2.28. The largest absolute Gasteiger partial charge is 0.483 e. The minimum Gasteiger partial charge on any atom is -0.483 e. The van der Waals surface area contributed by atoms with Crippen LogP contribution in [0, 0.1) is 0 Å². The summed E-state index contributed by atoms with van der Waals surface area (Å²) in [5, 5.41) is 3.52. The molecule has 0 aliphatic carbocycles.